The van der Waals surface area contributed by atoms with Gasteiger partial charge in [0.05, 0.1) is 0 Å². The minimum absolute atomic E-state index is 0.0926. The Morgan fingerprint density at radius 1 is 1.00 bits per heavy atom. The normalized spacial score (nSPS) is 8.43. The molecule has 0 heterocycles. The Bertz CT molecular complexity index is 177. The van der Waals surface area contributed by atoms with Gasteiger partial charge in [-0.2, -0.15) is 0 Å². The fraction of sp³-hybridized carbons (Fsp3) is 0.800. The molecule has 0 aromatic heterocycles. The first-order valence-corrected chi connectivity index (χ1v) is 4.70. The number of carbonyl (C=O) groups is 2. The van der Waals surface area contributed by atoms with Crippen LogP contribution in [-0.2, 0) is 9.59 Å². The monoisotopic (exact) mass is 202 g/mol. The van der Waals surface area contributed by atoms with Crippen molar-refractivity contribution in [2.24, 2.45) is 0 Å². The van der Waals surface area contributed by atoms with E-state index >= 15 is 0 Å². The molecule has 0 aliphatic rings. The smallest absolute Gasteiger partial charge is 0.222 e. The van der Waals surface area contributed by atoms with Gasteiger partial charge in [-0.15, -0.1) is 0 Å². The van der Waals surface area contributed by atoms with Crippen molar-refractivity contribution in [3.63, 3.8) is 0 Å². The molecule has 0 aliphatic heterocycles. The van der Waals surface area contributed by atoms with E-state index < -0.39 is 0 Å². The fourth-order valence-corrected chi connectivity index (χ4v) is 0.437. The van der Waals surface area contributed by atoms with Gasteiger partial charge in [-0.25, -0.2) is 0 Å². The van der Waals surface area contributed by atoms with Crippen LogP contribution in [0, 0.1) is 0 Å². The van der Waals surface area contributed by atoms with E-state index in [1.54, 1.807) is 33.1 Å². The summed E-state index contributed by atoms with van der Waals surface area (Å²) in [6.07, 6.45) is 1.62. The van der Waals surface area contributed by atoms with E-state index in [2.05, 4.69) is 0 Å². The molecule has 4 nitrogen and oxygen atoms in total. The molecular formula is C10H22N2O2. The van der Waals surface area contributed by atoms with Crippen LogP contribution in [-0.4, -0.2) is 49.8 Å². The Morgan fingerprint density at radius 2 is 1.36 bits per heavy atom. The highest BCUT2D eigenvalue weighted by Gasteiger charge is 1.98. The summed E-state index contributed by atoms with van der Waals surface area (Å²) in [5.74, 6) is 0.308. The predicted molar refractivity (Wildman–Crippen MR) is 58.0 cm³/mol. The third-order valence-corrected chi connectivity index (χ3v) is 1.59. The minimum atomic E-state index is 0.0926. The van der Waals surface area contributed by atoms with Crippen LogP contribution < -0.4 is 0 Å². The average Bonchev–Trinajstić information content (AvgIpc) is 2.05. The van der Waals surface area contributed by atoms with Gasteiger partial charge in [0.15, 0.2) is 0 Å². The molecule has 0 aliphatic carbocycles. The second-order valence-electron chi connectivity index (χ2n) is 3.45. The van der Waals surface area contributed by atoms with Crippen molar-refractivity contribution >= 4 is 11.8 Å². The SMILES string of the molecule is CC(=O)N(C)C.CCCC(=O)N(C)C. The summed E-state index contributed by atoms with van der Waals surface area (Å²) in [6.45, 7) is 3.53. The molecule has 0 atom stereocenters. The highest BCUT2D eigenvalue weighted by molar-refractivity contribution is 5.75. The molecule has 84 valence electrons. The van der Waals surface area contributed by atoms with E-state index in [0.717, 1.165) is 6.42 Å². The molecule has 0 aromatic carbocycles. The van der Waals surface area contributed by atoms with Crippen LogP contribution in [0.1, 0.15) is 26.7 Å². The molecule has 0 saturated heterocycles. The van der Waals surface area contributed by atoms with Gasteiger partial charge in [0, 0.05) is 41.5 Å². The van der Waals surface area contributed by atoms with Crippen molar-refractivity contribution in [3.05, 3.63) is 0 Å². The van der Waals surface area contributed by atoms with Gasteiger partial charge in [-0.3, -0.25) is 9.59 Å². The number of amides is 2. The second kappa shape index (κ2) is 8.53. The third kappa shape index (κ3) is 10.9. The van der Waals surface area contributed by atoms with E-state index in [1.807, 2.05) is 6.92 Å². The van der Waals surface area contributed by atoms with Crippen LogP contribution in [0.5, 0.6) is 0 Å². The zero-order chi connectivity index (χ0) is 11.7. The fourth-order valence-electron chi connectivity index (χ4n) is 0.437. The first kappa shape index (κ1) is 15.4. The summed E-state index contributed by atoms with van der Waals surface area (Å²) >= 11 is 0. The Hall–Kier alpha value is -1.06. The summed E-state index contributed by atoms with van der Waals surface area (Å²) in [4.78, 5) is 23.9. The Morgan fingerprint density at radius 3 is 1.43 bits per heavy atom. The van der Waals surface area contributed by atoms with E-state index in [4.69, 9.17) is 0 Å². The zero-order valence-corrected chi connectivity index (χ0v) is 10.1. The molecule has 2 amide bonds. The van der Waals surface area contributed by atoms with Gasteiger partial charge in [0.2, 0.25) is 11.8 Å². The number of hydrogen-bond acceptors (Lipinski definition) is 2. The summed E-state index contributed by atoms with van der Waals surface area (Å²) in [7, 11) is 7.00. The molecule has 14 heavy (non-hydrogen) atoms. The Kier molecular flexibility index (Phi) is 9.40. The molecule has 0 spiro atoms. The Balaban J connectivity index is 0. The maximum absolute atomic E-state index is 10.7. The van der Waals surface area contributed by atoms with Gasteiger partial charge in [0.1, 0.15) is 0 Å². The molecular weight excluding hydrogens is 180 g/mol. The summed E-state index contributed by atoms with van der Waals surface area (Å²) in [6, 6.07) is 0. The van der Waals surface area contributed by atoms with Crippen LogP contribution in [0.2, 0.25) is 0 Å². The highest BCUT2D eigenvalue weighted by Crippen LogP contribution is 1.89. The van der Waals surface area contributed by atoms with E-state index in [9.17, 15) is 9.59 Å². The third-order valence-electron chi connectivity index (χ3n) is 1.59. The number of rotatable bonds is 2. The lowest BCUT2D eigenvalue weighted by Gasteiger charge is -2.07. The first-order valence-electron chi connectivity index (χ1n) is 4.70. The van der Waals surface area contributed by atoms with Gasteiger partial charge < -0.3 is 9.80 Å². The second-order valence-corrected chi connectivity index (χ2v) is 3.45. The molecule has 0 bridgehead atoms. The predicted octanol–water partition coefficient (Wildman–Crippen LogP) is 0.969. The first-order chi connectivity index (χ1) is 6.32. The standard InChI is InChI=1S/C6H13NO.C4H9NO/c1-4-5-6(8)7(2)3;1-4(6)5(2)3/h4-5H2,1-3H3;1-3H3. The van der Waals surface area contributed by atoms with Crippen LogP contribution >= 0.6 is 0 Å². The molecule has 0 unspecified atom stereocenters. The highest BCUT2D eigenvalue weighted by atomic mass is 16.2. The molecule has 0 fully saturated rings. The minimum Gasteiger partial charge on any atom is -0.349 e. The molecule has 0 saturated carbocycles. The van der Waals surface area contributed by atoms with Crippen LogP contribution in [0.15, 0.2) is 0 Å². The zero-order valence-electron chi connectivity index (χ0n) is 10.1. The van der Waals surface area contributed by atoms with E-state index in [-0.39, 0.29) is 11.8 Å². The van der Waals surface area contributed by atoms with Gasteiger partial charge in [0.25, 0.3) is 0 Å². The van der Waals surface area contributed by atoms with Gasteiger partial charge >= 0.3 is 0 Å². The number of carbonyl (C=O) groups excluding carboxylic acids is 2. The molecule has 0 N–H and O–H groups in total. The van der Waals surface area contributed by atoms with E-state index in [0.29, 0.717) is 6.42 Å². The summed E-state index contributed by atoms with van der Waals surface area (Å²) in [5, 5.41) is 0. The molecule has 0 aromatic rings. The summed E-state index contributed by atoms with van der Waals surface area (Å²) < 4.78 is 0. The average molecular weight is 202 g/mol. The molecule has 0 rings (SSSR count). The van der Waals surface area contributed by atoms with Crippen molar-refractivity contribution in [2.75, 3.05) is 28.2 Å². The number of hydrogen-bond donors (Lipinski definition) is 0. The molecule has 4 heteroatoms. The van der Waals surface area contributed by atoms with Crippen molar-refractivity contribution < 1.29 is 9.59 Å². The van der Waals surface area contributed by atoms with Crippen LogP contribution in [0.4, 0.5) is 0 Å². The molecule has 0 radical (unpaired) electrons. The van der Waals surface area contributed by atoms with Crippen molar-refractivity contribution in [3.8, 4) is 0 Å². The summed E-state index contributed by atoms with van der Waals surface area (Å²) in [5.41, 5.74) is 0. The Labute approximate surface area is 86.9 Å². The van der Waals surface area contributed by atoms with Crippen molar-refractivity contribution in [1.29, 1.82) is 0 Å². The van der Waals surface area contributed by atoms with Gasteiger partial charge in [-0.1, -0.05) is 6.92 Å². The quantitative estimate of drug-likeness (QED) is 0.669. The number of nitrogens with zero attached hydrogens (tertiary/aromatic N) is 2. The lowest BCUT2D eigenvalue weighted by molar-refractivity contribution is -0.128. The van der Waals surface area contributed by atoms with Gasteiger partial charge in [-0.05, 0) is 6.42 Å². The lowest BCUT2D eigenvalue weighted by atomic mass is 10.3. The maximum Gasteiger partial charge on any atom is 0.222 e. The maximum atomic E-state index is 10.7. The lowest BCUT2D eigenvalue weighted by Crippen LogP contribution is -2.20. The van der Waals surface area contributed by atoms with Crippen LogP contribution in [0.25, 0.3) is 0 Å². The van der Waals surface area contributed by atoms with E-state index in [1.165, 1.54) is 11.8 Å². The largest absolute Gasteiger partial charge is 0.349 e. The topological polar surface area (TPSA) is 40.6 Å². The van der Waals surface area contributed by atoms with Crippen LogP contribution in [0.3, 0.4) is 0 Å². The van der Waals surface area contributed by atoms with Crippen molar-refractivity contribution in [2.45, 2.75) is 26.7 Å². The van der Waals surface area contributed by atoms with Crippen molar-refractivity contribution in [1.82, 2.24) is 9.80 Å².